The summed E-state index contributed by atoms with van der Waals surface area (Å²) in [5, 5.41) is 3.42. The molecule has 0 atom stereocenters. The fourth-order valence-corrected chi connectivity index (χ4v) is 3.64. The van der Waals surface area contributed by atoms with Crippen LogP contribution in [0.1, 0.15) is 16.8 Å². The van der Waals surface area contributed by atoms with E-state index in [0.717, 1.165) is 5.56 Å². The number of hydrogen-bond donors (Lipinski definition) is 1. The van der Waals surface area contributed by atoms with Gasteiger partial charge in [-0.05, 0) is 24.6 Å². The fourth-order valence-electron chi connectivity index (χ4n) is 3.45. The Bertz CT molecular complexity index is 1060. The molecule has 1 fully saturated rings. The first-order valence-electron chi connectivity index (χ1n) is 10.1. The van der Waals surface area contributed by atoms with E-state index >= 15 is 0 Å². The SMILES string of the molecule is O=C(Nc1cccc(Cl)c1)N1CCCN(C(=O)c2cnc(-c3ccccc3)nc2)CC1. The van der Waals surface area contributed by atoms with E-state index in [0.29, 0.717) is 54.7 Å². The fraction of sp³-hybridized carbons (Fsp3) is 0.217. The molecule has 0 saturated carbocycles. The van der Waals surface area contributed by atoms with Gasteiger partial charge in [0.05, 0.1) is 5.56 Å². The van der Waals surface area contributed by atoms with E-state index in [9.17, 15) is 9.59 Å². The third kappa shape index (κ3) is 5.19. The maximum atomic E-state index is 12.9. The number of amides is 3. The highest BCUT2D eigenvalue weighted by atomic mass is 35.5. The Hall–Kier alpha value is -3.45. The molecule has 0 aliphatic carbocycles. The van der Waals surface area contributed by atoms with Gasteiger partial charge in [-0.3, -0.25) is 4.79 Å². The second kappa shape index (κ2) is 9.57. The topological polar surface area (TPSA) is 78.4 Å². The number of carbonyl (C=O) groups is 2. The molecule has 8 heteroatoms. The van der Waals surface area contributed by atoms with E-state index in [2.05, 4.69) is 15.3 Å². The Morgan fingerprint density at radius 2 is 1.58 bits per heavy atom. The summed E-state index contributed by atoms with van der Waals surface area (Å²) in [5.41, 5.74) is 1.99. The van der Waals surface area contributed by atoms with Gasteiger partial charge < -0.3 is 15.1 Å². The van der Waals surface area contributed by atoms with Crippen molar-refractivity contribution >= 4 is 29.2 Å². The minimum atomic E-state index is -0.202. The van der Waals surface area contributed by atoms with Crippen LogP contribution in [0.25, 0.3) is 11.4 Å². The highest BCUT2D eigenvalue weighted by molar-refractivity contribution is 6.30. The lowest BCUT2D eigenvalue weighted by atomic mass is 10.2. The number of aromatic nitrogens is 2. The van der Waals surface area contributed by atoms with Crippen LogP contribution < -0.4 is 5.32 Å². The standard InChI is InChI=1S/C23H22ClN5O2/c24-19-8-4-9-20(14-19)27-23(31)29-11-5-10-28(12-13-29)22(30)18-15-25-21(26-16-18)17-6-2-1-3-7-17/h1-4,6-9,14-16H,5,10-13H2,(H,27,31). The molecule has 1 N–H and O–H groups in total. The first kappa shape index (κ1) is 20.8. The largest absolute Gasteiger partial charge is 0.337 e. The van der Waals surface area contributed by atoms with Crippen molar-refractivity contribution < 1.29 is 9.59 Å². The lowest BCUT2D eigenvalue weighted by Crippen LogP contribution is -2.39. The molecule has 31 heavy (non-hydrogen) atoms. The third-order valence-corrected chi connectivity index (χ3v) is 5.31. The minimum Gasteiger partial charge on any atom is -0.337 e. The van der Waals surface area contributed by atoms with Crippen molar-refractivity contribution in [3.63, 3.8) is 0 Å². The highest BCUT2D eigenvalue weighted by Crippen LogP contribution is 2.17. The maximum Gasteiger partial charge on any atom is 0.321 e. The zero-order chi connectivity index (χ0) is 21.6. The molecule has 0 bridgehead atoms. The molecule has 7 nitrogen and oxygen atoms in total. The van der Waals surface area contributed by atoms with Crippen LogP contribution in [-0.2, 0) is 0 Å². The first-order valence-corrected chi connectivity index (χ1v) is 10.5. The van der Waals surface area contributed by atoms with E-state index in [1.165, 1.54) is 0 Å². The second-order valence-corrected chi connectivity index (χ2v) is 7.67. The van der Waals surface area contributed by atoms with E-state index in [-0.39, 0.29) is 11.9 Å². The molecule has 3 aromatic rings. The van der Waals surface area contributed by atoms with Crippen LogP contribution in [-0.4, -0.2) is 57.9 Å². The van der Waals surface area contributed by atoms with Crippen molar-refractivity contribution in [3.8, 4) is 11.4 Å². The molecule has 2 heterocycles. The van der Waals surface area contributed by atoms with Gasteiger partial charge in [-0.1, -0.05) is 48.0 Å². The number of halogens is 1. The lowest BCUT2D eigenvalue weighted by Gasteiger charge is -2.22. The summed E-state index contributed by atoms with van der Waals surface area (Å²) in [6.07, 6.45) is 3.82. The predicted molar refractivity (Wildman–Crippen MR) is 120 cm³/mol. The summed E-state index contributed by atoms with van der Waals surface area (Å²) in [6.45, 7) is 2.03. The van der Waals surface area contributed by atoms with Crippen molar-refractivity contribution in [2.24, 2.45) is 0 Å². The first-order chi connectivity index (χ1) is 15.1. The molecule has 1 saturated heterocycles. The maximum absolute atomic E-state index is 12.9. The molecule has 1 aliphatic heterocycles. The Kier molecular flexibility index (Phi) is 6.43. The molecule has 2 aromatic carbocycles. The Morgan fingerprint density at radius 1 is 0.871 bits per heavy atom. The summed E-state index contributed by atoms with van der Waals surface area (Å²) in [6, 6.07) is 16.4. The second-order valence-electron chi connectivity index (χ2n) is 7.23. The van der Waals surface area contributed by atoms with Crippen molar-refractivity contribution in [3.05, 3.63) is 77.6 Å². The van der Waals surface area contributed by atoms with Crippen molar-refractivity contribution in [1.82, 2.24) is 19.8 Å². The third-order valence-electron chi connectivity index (χ3n) is 5.08. The molecule has 1 aliphatic rings. The number of nitrogens with one attached hydrogen (secondary N) is 1. The number of urea groups is 1. The number of rotatable bonds is 3. The Balaban J connectivity index is 1.37. The molecular formula is C23H22ClN5O2. The van der Waals surface area contributed by atoms with Gasteiger partial charge in [0.25, 0.3) is 5.91 Å². The van der Waals surface area contributed by atoms with Crippen LogP contribution in [0.2, 0.25) is 5.02 Å². The van der Waals surface area contributed by atoms with Crippen LogP contribution in [0.4, 0.5) is 10.5 Å². The van der Waals surface area contributed by atoms with E-state index in [1.54, 1.807) is 46.5 Å². The number of carbonyl (C=O) groups excluding carboxylic acids is 2. The predicted octanol–water partition coefficient (Wildman–Crippen LogP) is 4.18. The van der Waals surface area contributed by atoms with Crippen LogP contribution in [0.15, 0.2) is 67.0 Å². The van der Waals surface area contributed by atoms with Gasteiger partial charge in [-0.15, -0.1) is 0 Å². The van der Waals surface area contributed by atoms with Gasteiger partial charge >= 0.3 is 6.03 Å². The van der Waals surface area contributed by atoms with E-state index < -0.39 is 0 Å². The summed E-state index contributed by atoms with van der Waals surface area (Å²) >= 11 is 5.98. The van der Waals surface area contributed by atoms with E-state index in [1.807, 2.05) is 30.3 Å². The van der Waals surface area contributed by atoms with Crippen LogP contribution in [0.3, 0.4) is 0 Å². The molecule has 3 amide bonds. The smallest absolute Gasteiger partial charge is 0.321 e. The summed E-state index contributed by atoms with van der Waals surface area (Å²) in [7, 11) is 0. The number of hydrogen-bond acceptors (Lipinski definition) is 4. The van der Waals surface area contributed by atoms with E-state index in [4.69, 9.17) is 11.6 Å². The summed E-state index contributed by atoms with van der Waals surface area (Å²) in [5.74, 6) is 0.452. The summed E-state index contributed by atoms with van der Waals surface area (Å²) in [4.78, 5) is 37.7. The van der Waals surface area contributed by atoms with Gasteiger partial charge in [-0.25, -0.2) is 14.8 Å². The monoisotopic (exact) mass is 435 g/mol. The minimum absolute atomic E-state index is 0.128. The van der Waals surface area contributed by atoms with Gasteiger partial charge in [-0.2, -0.15) is 0 Å². The lowest BCUT2D eigenvalue weighted by molar-refractivity contribution is 0.0762. The average molecular weight is 436 g/mol. The molecule has 4 rings (SSSR count). The quantitative estimate of drug-likeness (QED) is 0.669. The average Bonchev–Trinajstić information content (AvgIpc) is 3.06. The van der Waals surface area contributed by atoms with Crippen molar-refractivity contribution in [1.29, 1.82) is 0 Å². The number of benzene rings is 2. The molecule has 158 valence electrons. The molecule has 0 radical (unpaired) electrons. The normalized spacial score (nSPS) is 14.1. The van der Waals surface area contributed by atoms with Crippen molar-refractivity contribution in [2.45, 2.75) is 6.42 Å². The van der Waals surface area contributed by atoms with Crippen LogP contribution in [0.5, 0.6) is 0 Å². The Morgan fingerprint density at radius 3 is 2.32 bits per heavy atom. The molecule has 1 aromatic heterocycles. The van der Waals surface area contributed by atoms with Crippen LogP contribution in [0, 0.1) is 0 Å². The van der Waals surface area contributed by atoms with Gasteiger partial charge in [0, 0.05) is 54.8 Å². The zero-order valence-electron chi connectivity index (χ0n) is 16.9. The Labute approximate surface area is 185 Å². The van der Waals surface area contributed by atoms with Gasteiger partial charge in [0.2, 0.25) is 0 Å². The molecular weight excluding hydrogens is 414 g/mol. The van der Waals surface area contributed by atoms with Crippen molar-refractivity contribution in [2.75, 3.05) is 31.5 Å². The van der Waals surface area contributed by atoms with Gasteiger partial charge in [0.1, 0.15) is 0 Å². The van der Waals surface area contributed by atoms with Crippen LogP contribution >= 0.6 is 11.6 Å². The molecule has 0 spiro atoms. The number of nitrogens with zero attached hydrogens (tertiary/aromatic N) is 4. The highest BCUT2D eigenvalue weighted by Gasteiger charge is 2.23. The zero-order valence-corrected chi connectivity index (χ0v) is 17.6. The number of anilines is 1. The van der Waals surface area contributed by atoms with Gasteiger partial charge in [0.15, 0.2) is 5.82 Å². The summed E-state index contributed by atoms with van der Waals surface area (Å²) < 4.78 is 0. The molecule has 0 unspecified atom stereocenters.